The molecule has 0 saturated carbocycles. The third-order valence-corrected chi connectivity index (χ3v) is 6.64. The molecule has 0 N–H and O–H groups in total. The molecule has 0 aliphatic carbocycles. The second kappa shape index (κ2) is 9.63. The number of hydrogen-bond donors (Lipinski definition) is 0. The van der Waals surface area contributed by atoms with Crippen LogP contribution < -0.4 is 9.80 Å². The van der Waals surface area contributed by atoms with E-state index in [0.717, 1.165) is 60.0 Å². The summed E-state index contributed by atoms with van der Waals surface area (Å²) in [5, 5.41) is 10.1. The molecule has 0 spiro atoms. The predicted molar refractivity (Wildman–Crippen MR) is 136 cm³/mol. The quantitative estimate of drug-likeness (QED) is 0.397. The third-order valence-electron chi connectivity index (χ3n) is 6.64. The van der Waals surface area contributed by atoms with Gasteiger partial charge in [0.15, 0.2) is 5.65 Å². The van der Waals surface area contributed by atoms with Gasteiger partial charge in [0.25, 0.3) is 0 Å². The van der Waals surface area contributed by atoms with Crippen LogP contribution in [0.4, 0.5) is 11.6 Å². The molecule has 5 rings (SSSR count). The molecule has 4 aromatic rings. The lowest BCUT2D eigenvalue weighted by Crippen LogP contribution is -2.47. The number of para-hydroxylation sites is 2. The van der Waals surface area contributed by atoms with Gasteiger partial charge in [-0.25, -0.2) is 9.97 Å². The highest BCUT2D eigenvalue weighted by Gasteiger charge is 2.27. The Morgan fingerprint density at radius 2 is 1.83 bits per heavy atom. The first-order valence-corrected chi connectivity index (χ1v) is 12.0. The number of nitrogens with zero attached hydrogens (tertiary/aromatic N) is 6. The van der Waals surface area contributed by atoms with Gasteiger partial charge in [-0.2, -0.15) is 5.26 Å². The van der Waals surface area contributed by atoms with E-state index in [9.17, 15) is 10.1 Å². The molecule has 0 amide bonds. The fourth-order valence-corrected chi connectivity index (χ4v) is 4.94. The average Bonchev–Trinajstić information content (AvgIpc) is 3.27. The summed E-state index contributed by atoms with van der Waals surface area (Å²) in [6.07, 6.45) is 2.58. The number of aromatic nitrogens is 3. The van der Waals surface area contributed by atoms with Crippen molar-refractivity contribution in [3.05, 3.63) is 65.4 Å². The first-order chi connectivity index (χ1) is 17.1. The predicted octanol–water partition coefficient (Wildman–Crippen LogP) is 3.88. The molecule has 1 aliphatic heterocycles. The van der Waals surface area contributed by atoms with Crippen LogP contribution in [0.5, 0.6) is 0 Å². The molecule has 1 saturated heterocycles. The van der Waals surface area contributed by atoms with Gasteiger partial charge in [-0.05, 0) is 55.7 Å². The fraction of sp³-hybridized carbons (Fsp3) is 0.333. The van der Waals surface area contributed by atoms with Crippen LogP contribution in [-0.4, -0.2) is 53.1 Å². The summed E-state index contributed by atoms with van der Waals surface area (Å²) in [6, 6.07) is 16.3. The number of anilines is 2. The first-order valence-electron chi connectivity index (χ1n) is 12.0. The van der Waals surface area contributed by atoms with Crippen LogP contribution in [0.2, 0.25) is 0 Å². The second-order valence-electron chi connectivity index (χ2n) is 8.64. The SMILES string of the molecule is CCOC(=O)CCc1c(C)c(C#N)c2nc3ccccc3n2c1N1CCN(c2ccccn2)CC1. The molecule has 1 aromatic carbocycles. The maximum absolute atomic E-state index is 12.3. The van der Waals surface area contributed by atoms with E-state index >= 15 is 0 Å². The highest BCUT2D eigenvalue weighted by atomic mass is 16.5. The number of piperazine rings is 1. The van der Waals surface area contributed by atoms with Crippen LogP contribution in [0.25, 0.3) is 16.7 Å². The Bertz CT molecular complexity index is 1410. The van der Waals surface area contributed by atoms with Crippen LogP contribution >= 0.6 is 0 Å². The highest BCUT2D eigenvalue weighted by molar-refractivity contribution is 5.86. The summed E-state index contributed by atoms with van der Waals surface area (Å²) >= 11 is 0. The van der Waals surface area contributed by atoms with Gasteiger partial charge in [0.2, 0.25) is 0 Å². The number of imidazole rings is 1. The highest BCUT2D eigenvalue weighted by Crippen LogP contribution is 2.34. The van der Waals surface area contributed by atoms with Gasteiger partial charge in [-0.1, -0.05) is 18.2 Å². The summed E-state index contributed by atoms with van der Waals surface area (Å²) in [7, 11) is 0. The number of nitriles is 1. The number of benzene rings is 1. The van der Waals surface area contributed by atoms with E-state index in [1.165, 1.54) is 0 Å². The van der Waals surface area contributed by atoms with Crippen molar-refractivity contribution < 1.29 is 9.53 Å². The number of esters is 1. The Hall–Kier alpha value is -4.12. The van der Waals surface area contributed by atoms with Crippen molar-refractivity contribution in [1.82, 2.24) is 14.4 Å². The minimum absolute atomic E-state index is 0.230. The number of carbonyl (C=O) groups excluding carboxylic acids is 1. The van der Waals surface area contributed by atoms with Crippen molar-refractivity contribution in [3.63, 3.8) is 0 Å². The van der Waals surface area contributed by atoms with Gasteiger partial charge < -0.3 is 14.5 Å². The number of hydrogen-bond acceptors (Lipinski definition) is 7. The van der Waals surface area contributed by atoms with Crippen molar-refractivity contribution in [2.45, 2.75) is 26.7 Å². The van der Waals surface area contributed by atoms with Crippen LogP contribution in [0.1, 0.15) is 30.0 Å². The number of carbonyl (C=O) groups is 1. The molecule has 178 valence electrons. The Morgan fingerprint density at radius 1 is 1.09 bits per heavy atom. The molecule has 8 heteroatoms. The van der Waals surface area contributed by atoms with E-state index in [1.807, 2.05) is 62.5 Å². The molecule has 3 aromatic heterocycles. The standard InChI is InChI=1S/C27H28N6O2/c1-3-35-25(34)12-11-20-19(2)21(18-28)26-30-22-8-4-5-9-23(22)33(26)27(20)32-16-14-31(15-17-32)24-10-6-7-13-29-24/h4-10,13H,3,11-12,14-17H2,1-2H3. The largest absolute Gasteiger partial charge is 0.466 e. The van der Waals surface area contributed by atoms with Gasteiger partial charge in [-0.3, -0.25) is 9.20 Å². The van der Waals surface area contributed by atoms with Gasteiger partial charge in [0, 0.05) is 38.8 Å². The topological polar surface area (TPSA) is 86.8 Å². The molecular formula is C27H28N6O2. The molecule has 0 radical (unpaired) electrons. The Kier molecular flexibility index (Phi) is 6.23. The second-order valence-corrected chi connectivity index (χ2v) is 8.64. The number of ether oxygens (including phenoxy) is 1. The first kappa shape index (κ1) is 22.7. The normalized spacial score (nSPS) is 13.9. The van der Waals surface area contributed by atoms with Gasteiger partial charge in [0.05, 0.1) is 23.2 Å². The lowest BCUT2D eigenvalue weighted by atomic mass is 9.99. The van der Waals surface area contributed by atoms with Crippen LogP contribution in [0.15, 0.2) is 48.7 Å². The maximum Gasteiger partial charge on any atom is 0.306 e. The maximum atomic E-state index is 12.3. The van der Waals surface area contributed by atoms with E-state index in [2.05, 4.69) is 25.3 Å². The van der Waals surface area contributed by atoms with Gasteiger partial charge >= 0.3 is 5.97 Å². The summed E-state index contributed by atoms with van der Waals surface area (Å²) < 4.78 is 7.31. The average molecular weight is 469 g/mol. The van der Waals surface area contributed by atoms with Crippen LogP contribution in [-0.2, 0) is 16.0 Å². The number of pyridine rings is 2. The van der Waals surface area contributed by atoms with Crippen molar-refractivity contribution in [2.75, 3.05) is 42.6 Å². The number of fused-ring (bicyclic) bond motifs is 3. The summed E-state index contributed by atoms with van der Waals surface area (Å²) in [4.78, 5) is 26.2. The molecular weight excluding hydrogens is 440 g/mol. The molecule has 0 bridgehead atoms. The van der Waals surface area contributed by atoms with Crippen molar-refractivity contribution in [1.29, 1.82) is 5.26 Å². The zero-order valence-corrected chi connectivity index (χ0v) is 20.1. The van der Waals surface area contributed by atoms with E-state index in [0.29, 0.717) is 24.2 Å². The Labute approximate surface area is 204 Å². The smallest absolute Gasteiger partial charge is 0.306 e. The molecule has 8 nitrogen and oxygen atoms in total. The van der Waals surface area contributed by atoms with Crippen molar-refractivity contribution >= 4 is 34.3 Å². The lowest BCUT2D eigenvalue weighted by Gasteiger charge is -2.38. The molecule has 35 heavy (non-hydrogen) atoms. The van der Waals surface area contributed by atoms with Gasteiger partial charge in [-0.15, -0.1) is 0 Å². The number of rotatable bonds is 6. The minimum atomic E-state index is -0.230. The minimum Gasteiger partial charge on any atom is -0.466 e. The monoisotopic (exact) mass is 468 g/mol. The zero-order valence-electron chi connectivity index (χ0n) is 20.1. The zero-order chi connectivity index (χ0) is 24.4. The van der Waals surface area contributed by atoms with Gasteiger partial charge in [0.1, 0.15) is 17.7 Å². The summed E-state index contributed by atoms with van der Waals surface area (Å²) in [5.74, 6) is 1.76. The third kappa shape index (κ3) is 4.14. The van der Waals surface area contributed by atoms with Crippen LogP contribution in [0.3, 0.4) is 0 Å². The molecule has 0 unspecified atom stereocenters. The molecule has 1 aliphatic rings. The summed E-state index contributed by atoms with van der Waals surface area (Å²) in [5.41, 5.74) is 4.89. The van der Waals surface area contributed by atoms with Crippen molar-refractivity contribution in [2.24, 2.45) is 0 Å². The fourth-order valence-electron chi connectivity index (χ4n) is 4.94. The Balaban J connectivity index is 1.62. The van der Waals surface area contributed by atoms with E-state index in [4.69, 9.17) is 9.72 Å². The van der Waals surface area contributed by atoms with Crippen molar-refractivity contribution in [3.8, 4) is 6.07 Å². The van der Waals surface area contributed by atoms with E-state index in [1.54, 1.807) is 0 Å². The molecule has 0 atom stereocenters. The van der Waals surface area contributed by atoms with Crippen LogP contribution in [0, 0.1) is 18.3 Å². The Morgan fingerprint density at radius 3 is 2.54 bits per heavy atom. The van der Waals surface area contributed by atoms with E-state index < -0.39 is 0 Å². The summed E-state index contributed by atoms with van der Waals surface area (Å²) in [6.45, 7) is 7.35. The van der Waals surface area contributed by atoms with E-state index in [-0.39, 0.29) is 12.4 Å². The molecule has 1 fully saturated rings. The lowest BCUT2D eigenvalue weighted by molar-refractivity contribution is -0.143. The molecule has 4 heterocycles.